The van der Waals surface area contributed by atoms with Gasteiger partial charge in [-0.15, -0.1) is 0 Å². The van der Waals surface area contributed by atoms with Crippen LogP contribution in [0.25, 0.3) is 0 Å². The Balaban J connectivity index is 2.96. The quantitative estimate of drug-likeness (QED) is 0.624. The molecule has 1 aromatic rings. The second-order valence-corrected chi connectivity index (χ2v) is 4.37. The Hall–Kier alpha value is -2.15. The molecule has 0 aliphatic carbocycles. The molecular formula is C12H17N3O4. The number of rotatable bonds is 5. The predicted octanol–water partition coefficient (Wildman–Crippen LogP) is 0.612. The first kappa shape index (κ1) is 14.9. The third kappa shape index (κ3) is 3.65. The maximum atomic E-state index is 11.6. The number of aliphatic hydroxyl groups is 1. The topological polar surface area (TPSA) is 86.9 Å². The molecule has 0 heterocycles. The van der Waals surface area contributed by atoms with Gasteiger partial charge in [-0.25, -0.2) is 0 Å². The Morgan fingerprint density at radius 3 is 2.47 bits per heavy atom. The van der Waals surface area contributed by atoms with Crippen molar-refractivity contribution in [3.05, 3.63) is 33.9 Å². The maximum Gasteiger partial charge on any atom is 0.275 e. The molecule has 0 saturated heterocycles. The van der Waals surface area contributed by atoms with Crippen LogP contribution in [-0.2, 0) is 11.4 Å². The van der Waals surface area contributed by atoms with Crippen molar-refractivity contribution in [2.75, 3.05) is 32.6 Å². The third-order valence-corrected chi connectivity index (χ3v) is 2.74. The fourth-order valence-electron chi connectivity index (χ4n) is 1.55. The molecule has 19 heavy (non-hydrogen) atoms. The number of likely N-dealkylation sites (N-methyl/N-ethyl adjacent to an activating group) is 2. The highest BCUT2D eigenvalue weighted by atomic mass is 16.6. The second-order valence-electron chi connectivity index (χ2n) is 4.37. The number of benzene rings is 1. The van der Waals surface area contributed by atoms with E-state index in [0.717, 1.165) is 0 Å². The second kappa shape index (κ2) is 6.14. The minimum Gasteiger partial charge on any atom is -0.391 e. The Morgan fingerprint density at radius 2 is 2.00 bits per heavy atom. The molecule has 0 aliphatic rings. The molecule has 0 saturated carbocycles. The molecule has 104 valence electrons. The van der Waals surface area contributed by atoms with E-state index in [-0.39, 0.29) is 23.7 Å². The lowest BCUT2D eigenvalue weighted by atomic mass is 10.1. The minimum absolute atomic E-state index is 0.0774. The van der Waals surface area contributed by atoms with Gasteiger partial charge in [0.2, 0.25) is 5.91 Å². The van der Waals surface area contributed by atoms with Crippen LogP contribution in [0.5, 0.6) is 0 Å². The Labute approximate surface area is 111 Å². The number of anilines is 1. The van der Waals surface area contributed by atoms with Crippen LogP contribution in [0.15, 0.2) is 18.2 Å². The molecule has 0 atom stereocenters. The molecule has 0 fully saturated rings. The van der Waals surface area contributed by atoms with Crippen LogP contribution in [0.2, 0.25) is 0 Å². The first-order valence-corrected chi connectivity index (χ1v) is 5.66. The lowest BCUT2D eigenvalue weighted by Gasteiger charge is -2.21. The first-order chi connectivity index (χ1) is 8.86. The van der Waals surface area contributed by atoms with Crippen molar-refractivity contribution in [3.63, 3.8) is 0 Å². The molecule has 0 aliphatic heterocycles. The van der Waals surface area contributed by atoms with Gasteiger partial charge in [0.1, 0.15) is 0 Å². The van der Waals surface area contributed by atoms with E-state index < -0.39 is 11.5 Å². The summed E-state index contributed by atoms with van der Waals surface area (Å²) in [6.07, 6.45) is 0. The lowest BCUT2D eigenvalue weighted by Crippen LogP contribution is -2.34. The van der Waals surface area contributed by atoms with Crippen LogP contribution >= 0.6 is 0 Å². The van der Waals surface area contributed by atoms with E-state index in [0.29, 0.717) is 5.69 Å². The van der Waals surface area contributed by atoms with Crippen molar-refractivity contribution in [2.24, 2.45) is 0 Å². The van der Waals surface area contributed by atoms with Crippen molar-refractivity contribution in [2.45, 2.75) is 6.61 Å². The molecule has 7 nitrogen and oxygen atoms in total. The number of hydrogen-bond donors (Lipinski definition) is 1. The van der Waals surface area contributed by atoms with Gasteiger partial charge in [0.15, 0.2) is 0 Å². The van der Waals surface area contributed by atoms with Crippen LogP contribution in [-0.4, -0.2) is 48.5 Å². The fourth-order valence-corrected chi connectivity index (χ4v) is 1.55. The molecule has 7 heteroatoms. The van der Waals surface area contributed by atoms with Gasteiger partial charge in [-0.2, -0.15) is 0 Å². The number of nitrogens with zero attached hydrogens (tertiary/aromatic N) is 3. The average molecular weight is 267 g/mol. The Morgan fingerprint density at radius 1 is 1.37 bits per heavy atom. The summed E-state index contributed by atoms with van der Waals surface area (Å²) in [4.78, 5) is 24.9. The van der Waals surface area contributed by atoms with E-state index >= 15 is 0 Å². The average Bonchev–Trinajstić information content (AvgIpc) is 2.37. The summed E-state index contributed by atoms with van der Waals surface area (Å²) >= 11 is 0. The Kier molecular flexibility index (Phi) is 4.82. The van der Waals surface area contributed by atoms with Gasteiger partial charge in [-0.1, -0.05) is 0 Å². The van der Waals surface area contributed by atoms with Crippen molar-refractivity contribution in [3.8, 4) is 0 Å². The number of hydrogen-bond acceptors (Lipinski definition) is 5. The molecule has 0 aromatic heterocycles. The number of nitro groups is 1. The van der Waals surface area contributed by atoms with E-state index in [2.05, 4.69) is 0 Å². The van der Waals surface area contributed by atoms with E-state index in [4.69, 9.17) is 5.11 Å². The number of aliphatic hydroxyl groups excluding tert-OH is 1. The summed E-state index contributed by atoms with van der Waals surface area (Å²) in [5.74, 6) is -0.0774. The summed E-state index contributed by atoms with van der Waals surface area (Å²) in [5.41, 5.74) is 0.745. The molecule has 0 radical (unpaired) electrons. The highest BCUT2D eigenvalue weighted by Crippen LogP contribution is 2.24. The molecule has 1 amide bonds. The van der Waals surface area contributed by atoms with Crippen molar-refractivity contribution < 1.29 is 14.8 Å². The molecule has 1 aromatic carbocycles. The van der Waals surface area contributed by atoms with Gasteiger partial charge in [0, 0.05) is 32.9 Å². The molecule has 0 unspecified atom stereocenters. The zero-order valence-corrected chi connectivity index (χ0v) is 11.2. The van der Waals surface area contributed by atoms with Gasteiger partial charge in [0.25, 0.3) is 5.69 Å². The van der Waals surface area contributed by atoms with Gasteiger partial charge >= 0.3 is 0 Å². The standard InChI is InChI=1S/C12H17N3O4/c1-13(2)12(17)7-14(3)10-4-5-11(15(18)19)9(6-10)8-16/h4-6,16H,7-8H2,1-3H3. The summed E-state index contributed by atoms with van der Waals surface area (Å²) in [6.45, 7) is -0.255. The first-order valence-electron chi connectivity index (χ1n) is 5.66. The fraction of sp³-hybridized carbons (Fsp3) is 0.417. The molecule has 0 spiro atoms. The normalized spacial score (nSPS) is 10.1. The highest BCUT2D eigenvalue weighted by molar-refractivity contribution is 5.81. The smallest absolute Gasteiger partial charge is 0.275 e. The van der Waals surface area contributed by atoms with Crippen LogP contribution < -0.4 is 4.90 Å². The third-order valence-electron chi connectivity index (χ3n) is 2.74. The van der Waals surface area contributed by atoms with E-state index in [1.807, 2.05) is 0 Å². The van der Waals surface area contributed by atoms with Crippen LogP contribution in [0.4, 0.5) is 11.4 Å². The monoisotopic (exact) mass is 267 g/mol. The zero-order valence-electron chi connectivity index (χ0n) is 11.2. The number of carbonyl (C=O) groups is 1. The number of carbonyl (C=O) groups excluding carboxylic acids is 1. The largest absolute Gasteiger partial charge is 0.391 e. The van der Waals surface area contributed by atoms with Gasteiger partial charge in [0.05, 0.1) is 23.6 Å². The lowest BCUT2D eigenvalue weighted by molar-refractivity contribution is -0.385. The van der Waals surface area contributed by atoms with Gasteiger partial charge in [-0.3, -0.25) is 14.9 Å². The highest BCUT2D eigenvalue weighted by Gasteiger charge is 2.16. The van der Waals surface area contributed by atoms with E-state index in [1.54, 1.807) is 32.1 Å². The van der Waals surface area contributed by atoms with Gasteiger partial charge < -0.3 is 14.9 Å². The summed E-state index contributed by atoms with van der Waals surface area (Å²) in [7, 11) is 5.03. The van der Waals surface area contributed by atoms with Gasteiger partial charge in [-0.05, 0) is 12.1 Å². The molecule has 1 rings (SSSR count). The summed E-state index contributed by atoms with van der Waals surface area (Å²) in [5, 5.41) is 19.9. The molecule has 0 bridgehead atoms. The van der Waals surface area contributed by atoms with Crippen LogP contribution in [0, 0.1) is 10.1 Å². The Bertz CT molecular complexity index is 488. The van der Waals surface area contributed by atoms with Crippen molar-refractivity contribution >= 4 is 17.3 Å². The SMILES string of the molecule is CN(C)C(=O)CN(C)c1ccc([N+](=O)[O-])c(CO)c1. The van der Waals surface area contributed by atoms with E-state index in [9.17, 15) is 14.9 Å². The van der Waals surface area contributed by atoms with Crippen LogP contribution in [0.3, 0.4) is 0 Å². The summed E-state index contributed by atoms with van der Waals surface area (Å²) in [6, 6.07) is 4.40. The number of nitro benzene ring substituents is 1. The minimum atomic E-state index is -0.541. The zero-order chi connectivity index (χ0) is 14.6. The van der Waals surface area contributed by atoms with Crippen LogP contribution in [0.1, 0.15) is 5.56 Å². The molecule has 1 N–H and O–H groups in total. The van der Waals surface area contributed by atoms with Crippen molar-refractivity contribution in [1.82, 2.24) is 4.90 Å². The summed E-state index contributed by atoms with van der Waals surface area (Å²) < 4.78 is 0. The van der Waals surface area contributed by atoms with Crippen molar-refractivity contribution in [1.29, 1.82) is 0 Å². The number of amides is 1. The van der Waals surface area contributed by atoms with E-state index in [1.165, 1.54) is 17.0 Å². The predicted molar refractivity (Wildman–Crippen MR) is 71.0 cm³/mol. The maximum absolute atomic E-state index is 11.6. The molecular weight excluding hydrogens is 250 g/mol.